The van der Waals surface area contributed by atoms with Crippen LogP contribution in [-0.4, -0.2) is 9.39 Å². The van der Waals surface area contributed by atoms with Gasteiger partial charge in [0, 0.05) is 49.3 Å². The first-order valence-corrected chi connectivity index (χ1v) is 15.5. The smallest absolute Gasteiger partial charge is 0.0702 e. The molecule has 4 heteroatoms. The van der Waals surface area contributed by atoms with E-state index in [9.17, 15) is 0 Å². The van der Waals surface area contributed by atoms with E-state index in [1.807, 2.05) is 0 Å². The molecule has 0 saturated carbocycles. The molecule has 1 aromatic heterocycles. The van der Waals surface area contributed by atoms with E-state index in [0.717, 1.165) is 46.9 Å². The summed E-state index contributed by atoms with van der Waals surface area (Å²) < 4.78 is 2.50. The van der Waals surface area contributed by atoms with Crippen molar-refractivity contribution in [3.8, 4) is 0 Å². The van der Waals surface area contributed by atoms with Crippen molar-refractivity contribution in [2.45, 2.75) is 23.7 Å². The van der Waals surface area contributed by atoms with E-state index < -0.39 is 0 Å². The van der Waals surface area contributed by atoms with E-state index in [-0.39, 0.29) is 6.04 Å². The molecular formula is C38H30BrN3. The van der Waals surface area contributed by atoms with Crippen LogP contribution in [0.15, 0.2) is 151 Å². The van der Waals surface area contributed by atoms with Crippen LogP contribution in [-0.2, 0) is 0 Å². The number of hydrogen-bond acceptors (Lipinski definition) is 2. The summed E-state index contributed by atoms with van der Waals surface area (Å²) in [5, 5.41) is 2.62. The van der Waals surface area contributed by atoms with Gasteiger partial charge in [0.1, 0.15) is 0 Å². The predicted octanol–water partition coefficient (Wildman–Crippen LogP) is 10.4. The third kappa shape index (κ3) is 3.93. The van der Waals surface area contributed by atoms with Crippen molar-refractivity contribution in [2.24, 2.45) is 0 Å². The van der Waals surface area contributed by atoms with Crippen LogP contribution < -0.4 is 9.80 Å². The highest BCUT2D eigenvalue weighted by molar-refractivity contribution is 9.09. The Bertz CT molecular complexity index is 1950. The summed E-state index contributed by atoms with van der Waals surface area (Å²) in [6.07, 6.45) is 15.7. The summed E-state index contributed by atoms with van der Waals surface area (Å²) in [5.41, 5.74) is 10.4. The third-order valence-electron chi connectivity index (χ3n) is 8.64. The van der Waals surface area contributed by atoms with Gasteiger partial charge in [0.15, 0.2) is 0 Å². The average Bonchev–Trinajstić information content (AvgIpc) is 3.32. The van der Waals surface area contributed by atoms with Gasteiger partial charge in [-0.2, -0.15) is 0 Å². The number of alkyl halides is 1. The van der Waals surface area contributed by atoms with Crippen molar-refractivity contribution >= 4 is 60.5 Å². The summed E-state index contributed by atoms with van der Waals surface area (Å²) in [5.74, 6) is 0. The quantitative estimate of drug-likeness (QED) is 0.189. The molecule has 3 aliphatic rings. The van der Waals surface area contributed by atoms with Gasteiger partial charge in [-0.15, -0.1) is 0 Å². The zero-order valence-corrected chi connectivity index (χ0v) is 24.8. The van der Waals surface area contributed by atoms with Gasteiger partial charge in [-0.05, 0) is 55.3 Å². The first-order valence-electron chi connectivity index (χ1n) is 14.5. The summed E-state index contributed by atoms with van der Waals surface area (Å²) in [6, 6.07) is 35.1. The summed E-state index contributed by atoms with van der Waals surface area (Å²) in [6.45, 7) is 4.65. The topological polar surface area (TPSA) is 11.4 Å². The lowest BCUT2D eigenvalue weighted by Crippen LogP contribution is -2.21. The van der Waals surface area contributed by atoms with Crippen molar-refractivity contribution in [3.63, 3.8) is 0 Å². The van der Waals surface area contributed by atoms with Gasteiger partial charge in [-0.3, -0.25) is 0 Å². The first kappa shape index (κ1) is 25.2. The zero-order valence-electron chi connectivity index (χ0n) is 23.2. The van der Waals surface area contributed by atoms with Gasteiger partial charge in [-0.1, -0.05) is 114 Å². The van der Waals surface area contributed by atoms with E-state index in [2.05, 4.69) is 170 Å². The number of allylic oxidation sites excluding steroid dienone is 6. The van der Waals surface area contributed by atoms with Crippen LogP contribution in [0.25, 0.3) is 27.5 Å². The largest absolute Gasteiger partial charge is 0.333 e. The Hall–Kier alpha value is -4.54. The van der Waals surface area contributed by atoms with Gasteiger partial charge in [0.25, 0.3) is 0 Å². The molecule has 0 spiro atoms. The number of hydrogen-bond donors (Lipinski definition) is 0. The Kier molecular flexibility index (Phi) is 6.04. The molecule has 0 radical (unpaired) electrons. The molecule has 0 fully saturated rings. The number of anilines is 3. The highest BCUT2D eigenvalue weighted by Crippen LogP contribution is 2.49. The molecule has 8 rings (SSSR count). The molecule has 5 aromatic rings. The lowest BCUT2D eigenvalue weighted by atomic mass is 10.0. The first-order chi connectivity index (χ1) is 20.7. The van der Waals surface area contributed by atoms with Gasteiger partial charge >= 0.3 is 0 Å². The molecule has 3 nitrogen and oxygen atoms in total. The molecule has 42 heavy (non-hydrogen) atoms. The van der Waals surface area contributed by atoms with E-state index in [1.54, 1.807) is 0 Å². The normalized spacial score (nSPS) is 19.9. The fraction of sp³-hybridized carbons (Fsp3) is 0.105. The minimum Gasteiger partial charge on any atom is -0.333 e. The number of halogens is 1. The number of aromatic nitrogens is 1. The molecule has 2 unspecified atom stereocenters. The standard InChI is InChI=1S/C38H30BrN3/c1-26-31-10-2-5-13-34(31)42(38-17-9-8-16-37(38)40(26)28-20-18-27(39)19-21-28)30-24-22-29(23-25-30)41-35-14-6-3-11-32(35)33-12-4-7-15-36(33)41/h2-18,20-22,24-25,27,29H,1,19,23H2. The highest BCUT2D eigenvalue weighted by Gasteiger charge is 2.31. The third-order valence-corrected chi connectivity index (χ3v) is 9.32. The maximum Gasteiger partial charge on any atom is 0.0702 e. The van der Waals surface area contributed by atoms with Gasteiger partial charge < -0.3 is 14.4 Å². The Balaban J connectivity index is 1.24. The summed E-state index contributed by atoms with van der Waals surface area (Å²) in [4.78, 5) is 5.09. The van der Waals surface area contributed by atoms with E-state index in [4.69, 9.17) is 0 Å². The Labute approximate surface area is 254 Å². The van der Waals surface area contributed by atoms with Crippen LogP contribution in [0.1, 0.15) is 24.4 Å². The minimum atomic E-state index is 0.234. The molecule has 4 aromatic carbocycles. The van der Waals surface area contributed by atoms with Crippen LogP contribution >= 0.6 is 15.9 Å². The fourth-order valence-corrected chi connectivity index (χ4v) is 7.08. The molecular weight excluding hydrogens is 578 g/mol. The summed E-state index contributed by atoms with van der Waals surface area (Å²) >= 11 is 3.74. The van der Waals surface area contributed by atoms with Crippen LogP contribution in [0.4, 0.5) is 17.1 Å². The lowest BCUT2D eigenvalue weighted by Gasteiger charge is -2.31. The average molecular weight is 609 g/mol. The predicted molar refractivity (Wildman–Crippen MR) is 181 cm³/mol. The van der Waals surface area contributed by atoms with E-state index in [1.165, 1.54) is 27.5 Å². The van der Waals surface area contributed by atoms with Crippen LogP contribution in [0, 0.1) is 0 Å². The van der Waals surface area contributed by atoms with Gasteiger partial charge in [-0.25, -0.2) is 0 Å². The molecule has 2 aliphatic carbocycles. The van der Waals surface area contributed by atoms with Crippen molar-refractivity contribution in [2.75, 3.05) is 9.80 Å². The molecule has 0 saturated heterocycles. The van der Waals surface area contributed by atoms with Gasteiger partial charge in [0.05, 0.1) is 23.1 Å². The maximum atomic E-state index is 4.65. The summed E-state index contributed by atoms with van der Waals surface area (Å²) in [7, 11) is 0. The number of benzene rings is 4. The molecule has 0 bridgehead atoms. The number of rotatable bonds is 3. The molecule has 2 heterocycles. The molecule has 2 atom stereocenters. The fourth-order valence-electron chi connectivity index (χ4n) is 6.74. The SMILES string of the molecule is C=C1c2ccccc2N(C2=CCC(n3c4ccccc4c4ccccc43)C=C2)c2ccccc2N1C1=CCC(Br)C=C1. The minimum absolute atomic E-state index is 0.234. The monoisotopic (exact) mass is 607 g/mol. The zero-order chi connectivity index (χ0) is 28.2. The number of nitrogens with zero attached hydrogens (tertiary/aromatic N) is 3. The number of para-hydroxylation sites is 5. The number of fused-ring (bicyclic) bond motifs is 5. The van der Waals surface area contributed by atoms with Crippen LogP contribution in [0.3, 0.4) is 0 Å². The van der Waals surface area contributed by atoms with Gasteiger partial charge in [0.2, 0.25) is 0 Å². The lowest BCUT2D eigenvalue weighted by molar-refractivity contribution is 0.643. The van der Waals surface area contributed by atoms with E-state index in [0.29, 0.717) is 4.83 Å². The highest BCUT2D eigenvalue weighted by atomic mass is 79.9. The Morgan fingerprint density at radius 1 is 0.595 bits per heavy atom. The molecule has 0 amide bonds. The second-order valence-corrected chi connectivity index (χ2v) is 12.2. The Morgan fingerprint density at radius 3 is 1.79 bits per heavy atom. The second kappa shape index (κ2) is 10.1. The molecule has 1 aliphatic heterocycles. The molecule has 0 N–H and O–H groups in total. The van der Waals surface area contributed by atoms with Crippen molar-refractivity contribution < 1.29 is 0 Å². The van der Waals surface area contributed by atoms with Crippen molar-refractivity contribution in [1.29, 1.82) is 0 Å². The van der Waals surface area contributed by atoms with Crippen LogP contribution in [0.2, 0.25) is 0 Å². The Morgan fingerprint density at radius 2 is 1.14 bits per heavy atom. The van der Waals surface area contributed by atoms with Crippen molar-refractivity contribution in [1.82, 2.24) is 4.57 Å². The second-order valence-electron chi connectivity index (χ2n) is 11.1. The van der Waals surface area contributed by atoms with E-state index >= 15 is 0 Å². The maximum absolute atomic E-state index is 4.65. The molecule has 204 valence electrons. The van der Waals surface area contributed by atoms with Crippen LogP contribution in [0.5, 0.6) is 0 Å². The van der Waals surface area contributed by atoms with Crippen molar-refractivity contribution in [3.05, 3.63) is 157 Å².